The molecule has 1 N–H and O–H groups in total. The summed E-state index contributed by atoms with van der Waals surface area (Å²) in [5, 5.41) is 3.51. The number of ether oxygens (including phenoxy) is 1. The van der Waals surface area contributed by atoms with Crippen molar-refractivity contribution in [3.8, 4) is 5.75 Å². The first-order valence-corrected chi connectivity index (χ1v) is 7.51. The minimum atomic E-state index is -0.252. The molecular weight excluding hydrogens is 252 g/mol. The Labute approximate surface area is 120 Å². The first-order valence-electron chi connectivity index (χ1n) is 7.51. The van der Waals surface area contributed by atoms with E-state index in [1.807, 2.05) is 24.0 Å². The summed E-state index contributed by atoms with van der Waals surface area (Å²) in [6.07, 6.45) is 2.95. The molecule has 1 saturated carbocycles. The molecule has 1 aromatic carbocycles. The summed E-state index contributed by atoms with van der Waals surface area (Å²) in [6, 6.07) is 8.09. The van der Waals surface area contributed by atoms with E-state index in [1.165, 1.54) is 0 Å². The van der Waals surface area contributed by atoms with Crippen molar-refractivity contribution in [1.82, 2.24) is 10.2 Å². The number of nitrogens with zero attached hydrogens (tertiary/aromatic N) is 1. The third-order valence-corrected chi connectivity index (χ3v) is 4.15. The third kappa shape index (κ3) is 2.18. The van der Waals surface area contributed by atoms with Gasteiger partial charge in [0.05, 0.1) is 6.61 Å². The number of carbonyl (C=O) groups is 1. The van der Waals surface area contributed by atoms with Crippen molar-refractivity contribution in [3.05, 3.63) is 29.8 Å². The highest BCUT2D eigenvalue weighted by atomic mass is 16.5. The molecule has 20 heavy (non-hydrogen) atoms. The average molecular weight is 274 g/mol. The maximum atomic E-state index is 12.4. The second-order valence-corrected chi connectivity index (χ2v) is 5.64. The lowest BCUT2D eigenvalue weighted by molar-refractivity contribution is -0.130. The lowest BCUT2D eigenvalue weighted by Crippen LogP contribution is -2.32. The molecule has 0 radical (unpaired) electrons. The summed E-state index contributed by atoms with van der Waals surface area (Å²) < 4.78 is 5.60. The number of benzene rings is 1. The molecule has 4 nitrogen and oxygen atoms in total. The van der Waals surface area contributed by atoms with Crippen LogP contribution in [0, 0.1) is 0 Å². The van der Waals surface area contributed by atoms with Crippen LogP contribution in [0.4, 0.5) is 0 Å². The number of likely N-dealkylation sites (N-methyl/N-ethyl adjacent to an activating group) is 1. The van der Waals surface area contributed by atoms with Gasteiger partial charge < -0.3 is 9.64 Å². The third-order valence-electron chi connectivity index (χ3n) is 4.15. The average Bonchev–Trinajstić information content (AvgIpc) is 3.20. The van der Waals surface area contributed by atoms with Gasteiger partial charge in [-0.3, -0.25) is 10.1 Å². The van der Waals surface area contributed by atoms with Crippen LogP contribution >= 0.6 is 0 Å². The zero-order chi connectivity index (χ0) is 14.2. The van der Waals surface area contributed by atoms with Gasteiger partial charge in [0, 0.05) is 6.54 Å². The second-order valence-electron chi connectivity index (χ2n) is 5.64. The van der Waals surface area contributed by atoms with Crippen LogP contribution in [0.25, 0.3) is 0 Å². The van der Waals surface area contributed by atoms with Gasteiger partial charge in [0.25, 0.3) is 0 Å². The van der Waals surface area contributed by atoms with Crippen molar-refractivity contribution in [2.45, 2.75) is 44.8 Å². The van der Waals surface area contributed by atoms with Gasteiger partial charge in [-0.05, 0) is 43.9 Å². The smallest absolute Gasteiger partial charge is 0.244 e. The lowest BCUT2D eigenvalue weighted by Gasteiger charge is -2.23. The lowest BCUT2D eigenvalue weighted by atomic mass is 10.1. The number of carbonyl (C=O) groups excluding carboxylic acids is 1. The molecule has 1 aliphatic heterocycles. The Balaban J connectivity index is 1.76. The van der Waals surface area contributed by atoms with E-state index in [0.717, 1.165) is 43.7 Å². The van der Waals surface area contributed by atoms with Crippen LogP contribution in [-0.4, -0.2) is 29.5 Å². The normalized spacial score (nSPS) is 23.4. The number of rotatable bonds is 5. The van der Waals surface area contributed by atoms with Crippen molar-refractivity contribution in [1.29, 1.82) is 0 Å². The first kappa shape index (κ1) is 13.4. The molecule has 1 heterocycles. The quantitative estimate of drug-likeness (QED) is 0.896. The Morgan fingerprint density at radius 3 is 2.55 bits per heavy atom. The standard InChI is InChI=1S/C16H22N2O2/c1-3-11-20-13-7-5-12(6-8-13)14-17-16(9-10-16)15(19)18(14)4-2/h5-8,14,17H,3-4,9-11H2,1-2H3. The van der Waals surface area contributed by atoms with Crippen LogP contribution < -0.4 is 10.1 Å². The highest BCUT2D eigenvalue weighted by molar-refractivity contribution is 5.92. The van der Waals surface area contributed by atoms with Crippen LogP contribution in [0.15, 0.2) is 24.3 Å². The molecule has 108 valence electrons. The van der Waals surface area contributed by atoms with Gasteiger partial charge in [-0.1, -0.05) is 19.1 Å². The Morgan fingerprint density at radius 1 is 1.30 bits per heavy atom. The molecule has 2 aliphatic rings. The van der Waals surface area contributed by atoms with E-state index in [1.54, 1.807) is 0 Å². The van der Waals surface area contributed by atoms with Gasteiger partial charge in [-0.25, -0.2) is 0 Å². The van der Waals surface area contributed by atoms with Crippen molar-refractivity contribution in [2.24, 2.45) is 0 Å². The fourth-order valence-corrected chi connectivity index (χ4v) is 2.83. The summed E-state index contributed by atoms with van der Waals surface area (Å²) in [7, 11) is 0. The Bertz CT molecular complexity index is 494. The van der Waals surface area contributed by atoms with Gasteiger partial charge in [0.15, 0.2) is 0 Å². The maximum Gasteiger partial charge on any atom is 0.244 e. The number of hydrogen-bond donors (Lipinski definition) is 1. The minimum absolute atomic E-state index is 0.00947. The van der Waals surface area contributed by atoms with Crippen molar-refractivity contribution >= 4 is 5.91 Å². The molecule has 1 aromatic rings. The monoisotopic (exact) mass is 274 g/mol. The topological polar surface area (TPSA) is 41.6 Å². The fourth-order valence-electron chi connectivity index (χ4n) is 2.83. The van der Waals surface area contributed by atoms with Crippen LogP contribution in [-0.2, 0) is 4.79 Å². The minimum Gasteiger partial charge on any atom is -0.494 e. The van der Waals surface area contributed by atoms with E-state index in [0.29, 0.717) is 0 Å². The van der Waals surface area contributed by atoms with Crippen molar-refractivity contribution in [3.63, 3.8) is 0 Å². The SMILES string of the molecule is CCCOc1ccc(C2NC3(CC3)C(=O)N2CC)cc1. The summed E-state index contributed by atoms with van der Waals surface area (Å²) in [5.41, 5.74) is 0.880. The van der Waals surface area contributed by atoms with Crippen LogP contribution in [0.1, 0.15) is 44.8 Å². The maximum absolute atomic E-state index is 12.4. The van der Waals surface area contributed by atoms with Crippen molar-refractivity contribution in [2.75, 3.05) is 13.2 Å². The molecule has 1 saturated heterocycles. The van der Waals surface area contributed by atoms with Gasteiger partial charge >= 0.3 is 0 Å². The van der Waals surface area contributed by atoms with E-state index in [2.05, 4.69) is 24.4 Å². The highest BCUT2D eigenvalue weighted by Crippen LogP contribution is 2.45. The summed E-state index contributed by atoms with van der Waals surface area (Å²) >= 11 is 0. The number of amides is 1. The van der Waals surface area contributed by atoms with E-state index >= 15 is 0 Å². The van der Waals surface area contributed by atoms with E-state index in [-0.39, 0.29) is 17.6 Å². The molecule has 1 spiro atoms. The van der Waals surface area contributed by atoms with Crippen LogP contribution in [0.5, 0.6) is 5.75 Å². The molecular formula is C16H22N2O2. The molecule has 1 amide bonds. The number of nitrogens with one attached hydrogen (secondary N) is 1. The van der Waals surface area contributed by atoms with Crippen LogP contribution in [0.3, 0.4) is 0 Å². The Hall–Kier alpha value is -1.55. The van der Waals surface area contributed by atoms with Gasteiger partial charge in [0.1, 0.15) is 17.5 Å². The van der Waals surface area contributed by atoms with Gasteiger partial charge in [-0.2, -0.15) is 0 Å². The zero-order valence-corrected chi connectivity index (χ0v) is 12.2. The Kier molecular flexibility index (Phi) is 3.42. The molecule has 4 heteroatoms. The second kappa shape index (κ2) is 5.09. The van der Waals surface area contributed by atoms with E-state index in [4.69, 9.17) is 4.74 Å². The Morgan fingerprint density at radius 2 is 2.00 bits per heavy atom. The predicted molar refractivity (Wildman–Crippen MR) is 77.5 cm³/mol. The largest absolute Gasteiger partial charge is 0.494 e. The molecule has 1 unspecified atom stereocenters. The number of hydrogen-bond acceptors (Lipinski definition) is 3. The molecule has 1 aliphatic carbocycles. The summed E-state index contributed by atoms with van der Waals surface area (Å²) in [5.74, 6) is 1.15. The zero-order valence-electron chi connectivity index (χ0n) is 12.2. The summed E-state index contributed by atoms with van der Waals surface area (Å²) in [4.78, 5) is 14.3. The fraction of sp³-hybridized carbons (Fsp3) is 0.562. The van der Waals surface area contributed by atoms with E-state index < -0.39 is 0 Å². The molecule has 3 rings (SSSR count). The summed E-state index contributed by atoms with van der Waals surface area (Å²) in [6.45, 7) is 5.61. The highest BCUT2D eigenvalue weighted by Gasteiger charge is 2.58. The van der Waals surface area contributed by atoms with Crippen molar-refractivity contribution < 1.29 is 9.53 Å². The van der Waals surface area contributed by atoms with Gasteiger partial charge in [-0.15, -0.1) is 0 Å². The molecule has 0 aromatic heterocycles. The first-order chi connectivity index (χ1) is 9.70. The molecule has 1 atom stereocenters. The van der Waals surface area contributed by atoms with Crippen LogP contribution in [0.2, 0.25) is 0 Å². The van der Waals surface area contributed by atoms with Gasteiger partial charge in [0.2, 0.25) is 5.91 Å². The molecule has 2 fully saturated rings. The van der Waals surface area contributed by atoms with E-state index in [9.17, 15) is 4.79 Å². The molecule has 0 bridgehead atoms. The predicted octanol–water partition coefficient (Wildman–Crippen LogP) is 2.46.